The Kier molecular flexibility index (Phi) is 4.73. The smallest absolute Gasteiger partial charge is 0.229 e. The second-order valence-electron chi connectivity index (χ2n) is 7.38. The number of hydrogen-bond donors (Lipinski definition) is 0. The minimum absolute atomic E-state index is 0.246. The lowest BCUT2D eigenvalue weighted by atomic mass is 10.2. The number of anilines is 2. The molecule has 28 heavy (non-hydrogen) atoms. The predicted octanol–water partition coefficient (Wildman–Crippen LogP) is 1.90. The lowest BCUT2D eigenvalue weighted by Crippen LogP contribution is -2.46. The quantitative estimate of drug-likeness (QED) is 0.779. The van der Waals surface area contributed by atoms with Gasteiger partial charge in [-0.25, -0.2) is 4.98 Å². The molecule has 0 N–H and O–H groups in total. The maximum absolute atomic E-state index is 5.64. The van der Waals surface area contributed by atoms with Crippen molar-refractivity contribution in [2.24, 2.45) is 4.99 Å². The third-order valence-electron chi connectivity index (χ3n) is 5.35. The largest absolute Gasteiger partial charge is 0.377 e. The Bertz CT molecular complexity index is 942. The summed E-state index contributed by atoms with van der Waals surface area (Å²) in [5.41, 5.74) is 1.80. The van der Waals surface area contributed by atoms with Gasteiger partial charge in [-0.15, -0.1) is 0 Å². The molecule has 0 amide bonds. The minimum atomic E-state index is 0.246. The summed E-state index contributed by atoms with van der Waals surface area (Å²) in [5, 5.41) is 0.910. The number of allylic oxidation sites excluding steroid dienone is 1. The molecule has 0 aliphatic carbocycles. The average molecular weight is 401 g/mol. The van der Waals surface area contributed by atoms with Gasteiger partial charge in [0.1, 0.15) is 10.5 Å². The Morgan fingerprint density at radius 2 is 1.75 bits per heavy atom. The molecule has 148 valence electrons. The van der Waals surface area contributed by atoms with Crippen LogP contribution in [0.4, 0.5) is 11.8 Å². The van der Waals surface area contributed by atoms with Gasteiger partial charge in [-0.2, -0.15) is 9.97 Å². The molecule has 0 saturated carbocycles. The summed E-state index contributed by atoms with van der Waals surface area (Å²) in [4.78, 5) is 24.8. The van der Waals surface area contributed by atoms with Crippen LogP contribution in [-0.2, 0) is 9.47 Å². The van der Waals surface area contributed by atoms with E-state index in [0.717, 1.165) is 52.5 Å². The topological polar surface area (TPSA) is 76.0 Å². The van der Waals surface area contributed by atoms with Crippen LogP contribution in [-0.4, -0.2) is 78.8 Å². The van der Waals surface area contributed by atoms with Crippen LogP contribution < -0.4 is 9.80 Å². The van der Waals surface area contributed by atoms with Gasteiger partial charge in [0, 0.05) is 13.1 Å². The summed E-state index contributed by atoms with van der Waals surface area (Å²) >= 11 is 1.59. The number of hydrogen-bond acceptors (Lipinski definition) is 9. The molecule has 3 aliphatic rings. The molecule has 2 aromatic rings. The van der Waals surface area contributed by atoms with Crippen molar-refractivity contribution in [2.45, 2.75) is 25.9 Å². The number of thiazole rings is 1. The van der Waals surface area contributed by atoms with E-state index >= 15 is 0 Å². The molecule has 0 bridgehead atoms. The van der Waals surface area contributed by atoms with E-state index in [1.165, 1.54) is 0 Å². The molecule has 2 fully saturated rings. The highest BCUT2D eigenvalue weighted by molar-refractivity contribution is 7.20. The number of morpholine rings is 2. The number of fused-ring (bicyclic) bond motifs is 1. The van der Waals surface area contributed by atoms with Gasteiger partial charge in [0.25, 0.3) is 0 Å². The Balaban J connectivity index is 1.64. The summed E-state index contributed by atoms with van der Waals surface area (Å²) in [5.74, 6) is 1.66. The zero-order valence-corrected chi connectivity index (χ0v) is 17.0. The first-order valence-electron chi connectivity index (χ1n) is 9.79. The third-order valence-corrected chi connectivity index (χ3v) is 6.33. The number of aliphatic imine (C=N–C) groups is 1. The molecule has 8 nitrogen and oxygen atoms in total. The van der Waals surface area contributed by atoms with Crippen molar-refractivity contribution < 1.29 is 9.47 Å². The van der Waals surface area contributed by atoms with E-state index in [4.69, 9.17) is 24.4 Å². The summed E-state index contributed by atoms with van der Waals surface area (Å²) in [6, 6.07) is 0.492. The highest BCUT2D eigenvalue weighted by atomic mass is 32.1. The monoisotopic (exact) mass is 400 g/mol. The number of ether oxygens (including phenoxy) is 2. The van der Waals surface area contributed by atoms with Gasteiger partial charge in [-0.3, -0.25) is 4.99 Å². The molecule has 2 saturated heterocycles. The normalized spacial score (nSPS) is 25.6. The Hall–Kier alpha value is -2.10. The average Bonchev–Trinajstić information content (AvgIpc) is 3.37. The molecule has 9 heteroatoms. The van der Waals surface area contributed by atoms with Gasteiger partial charge in [0.15, 0.2) is 10.6 Å². The highest BCUT2D eigenvalue weighted by Crippen LogP contribution is 2.33. The molecule has 3 aliphatic heterocycles. The van der Waals surface area contributed by atoms with Crippen molar-refractivity contribution in [2.75, 3.05) is 55.9 Å². The number of aromatic nitrogens is 3. The van der Waals surface area contributed by atoms with Crippen LogP contribution in [0.5, 0.6) is 0 Å². The summed E-state index contributed by atoms with van der Waals surface area (Å²) in [6.45, 7) is 9.44. The van der Waals surface area contributed by atoms with Gasteiger partial charge >= 0.3 is 0 Å². The van der Waals surface area contributed by atoms with Crippen LogP contribution in [0.2, 0.25) is 0 Å². The zero-order valence-electron chi connectivity index (χ0n) is 16.2. The van der Waals surface area contributed by atoms with Gasteiger partial charge in [-0.1, -0.05) is 17.4 Å². The molecule has 0 aromatic carbocycles. The molecule has 0 unspecified atom stereocenters. The van der Waals surface area contributed by atoms with Crippen molar-refractivity contribution in [3.63, 3.8) is 0 Å². The molecule has 2 atom stereocenters. The highest BCUT2D eigenvalue weighted by Gasteiger charge is 2.29. The molecular formula is C19H24N6O2S. The van der Waals surface area contributed by atoms with Crippen molar-refractivity contribution in [1.82, 2.24) is 15.0 Å². The second kappa shape index (κ2) is 7.38. The Morgan fingerprint density at radius 3 is 2.43 bits per heavy atom. The van der Waals surface area contributed by atoms with Crippen LogP contribution in [0, 0.1) is 0 Å². The third kappa shape index (κ3) is 3.17. The van der Waals surface area contributed by atoms with Crippen molar-refractivity contribution in [3.8, 4) is 0 Å². The molecule has 5 rings (SSSR count). The fraction of sp³-hybridized carbons (Fsp3) is 0.579. The maximum Gasteiger partial charge on any atom is 0.229 e. The van der Waals surface area contributed by atoms with Gasteiger partial charge in [-0.05, 0) is 19.9 Å². The minimum Gasteiger partial charge on any atom is -0.377 e. The lowest BCUT2D eigenvalue weighted by Gasteiger charge is -2.36. The van der Waals surface area contributed by atoms with Gasteiger partial charge in [0.2, 0.25) is 5.95 Å². The van der Waals surface area contributed by atoms with Crippen LogP contribution in [0.3, 0.4) is 0 Å². The van der Waals surface area contributed by atoms with Crippen molar-refractivity contribution in [3.05, 3.63) is 17.2 Å². The fourth-order valence-electron chi connectivity index (χ4n) is 3.81. The van der Waals surface area contributed by atoms with E-state index in [-0.39, 0.29) is 12.1 Å². The number of rotatable bonds is 3. The fourth-order valence-corrected chi connectivity index (χ4v) is 4.73. The van der Waals surface area contributed by atoms with Crippen molar-refractivity contribution in [1.29, 1.82) is 0 Å². The number of nitrogens with zero attached hydrogens (tertiary/aromatic N) is 6. The van der Waals surface area contributed by atoms with Crippen LogP contribution in [0.25, 0.3) is 10.3 Å². The first-order chi connectivity index (χ1) is 13.7. The molecule has 0 spiro atoms. The molecular weight excluding hydrogens is 376 g/mol. The van der Waals surface area contributed by atoms with Crippen molar-refractivity contribution >= 4 is 39.2 Å². The zero-order chi connectivity index (χ0) is 19.1. The first-order valence-corrected chi connectivity index (χ1v) is 10.6. The molecule has 5 heterocycles. The van der Waals surface area contributed by atoms with E-state index in [1.807, 2.05) is 6.08 Å². The lowest BCUT2D eigenvalue weighted by molar-refractivity contribution is 0.0973. The summed E-state index contributed by atoms with van der Waals surface area (Å²) < 4.78 is 11.2. The van der Waals surface area contributed by atoms with Crippen LogP contribution >= 0.6 is 11.3 Å². The molecule has 0 radical (unpaired) electrons. The summed E-state index contributed by atoms with van der Waals surface area (Å²) in [6.07, 6.45) is 4.09. The van der Waals surface area contributed by atoms with E-state index in [0.29, 0.717) is 26.4 Å². The molecule has 2 aromatic heterocycles. The van der Waals surface area contributed by atoms with E-state index in [9.17, 15) is 0 Å². The standard InChI is InChI=1S/C19H24N6O2S/c1-12-10-26-8-6-24(12)16-15-18(28-17(21-15)14-4-3-5-20-14)23-19(22-16)25-7-9-27-11-13(25)2/h3-4,12-13H,5-11H2,1-2H3/t12-,13+/m1/s1. The summed E-state index contributed by atoms with van der Waals surface area (Å²) in [7, 11) is 0. The van der Waals surface area contributed by atoms with E-state index < -0.39 is 0 Å². The van der Waals surface area contributed by atoms with Crippen LogP contribution in [0.1, 0.15) is 18.9 Å². The van der Waals surface area contributed by atoms with Gasteiger partial charge < -0.3 is 19.3 Å². The van der Waals surface area contributed by atoms with E-state index in [2.05, 4.69) is 34.7 Å². The Morgan fingerprint density at radius 1 is 1.00 bits per heavy atom. The predicted molar refractivity (Wildman–Crippen MR) is 111 cm³/mol. The Labute approximate surface area is 167 Å². The van der Waals surface area contributed by atoms with E-state index in [1.54, 1.807) is 11.3 Å². The van der Waals surface area contributed by atoms with Crippen LogP contribution in [0.15, 0.2) is 17.1 Å². The maximum atomic E-state index is 5.64. The first kappa shape index (κ1) is 18.0. The SMILES string of the molecule is C[C@@H]1COCCN1c1nc(N2CCOC[C@@H]2C)nc2sc(C3=NCC=C3)nc12. The second-order valence-corrected chi connectivity index (χ2v) is 8.36. The van der Waals surface area contributed by atoms with Gasteiger partial charge in [0.05, 0.1) is 50.8 Å².